The van der Waals surface area contributed by atoms with E-state index in [-0.39, 0.29) is 8.80 Å². The summed E-state index contributed by atoms with van der Waals surface area (Å²) in [7, 11) is -0.343. The summed E-state index contributed by atoms with van der Waals surface area (Å²) in [6, 6.07) is 12.6. The van der Waals surface area contributed by atoms with Crippen LogP contribution < -0.4 is 4.74 Å². The van der Waals surface area contributed by atoms with Crippen LogP contribution in [0.5, 0.6) is 5.75 Å². The van der Waals surface area contributed by atoms with Gasteiger partial charge in [0.15, 0.2) is 6.26 Å². The molecule has 0 amide bonds. The summed E-state index contributed by atoms with van der Waals surface area (Å²) >= 11 is 0. The van der Waals surface area contributed by atoms with Crippen molar-refractivity contribution in [3.8, 4) is 5.75 Å². The van der Waals surface area contributed by atoms with E-state index in [1.807, 2.05) is 24.3 Å². The molecule has 1 nitrogen and oxygen atoms in total. The fraction of sp³-hybridized carbons (Fsp3) is 0.714. The highest BCUT2D eigenvalue weighted by atomic mass is 28.3. The largest absolute Gasteiger partial charge is 0.459 e. The molecule has 4 heteroatoms. The van der Waals surface area contributed by atoms with Gasteiger partial charge in [-0.05, 0) is 61.1 Å². The fourth-order valence-corrected chi connectivity index (χ4v) is 9.69. The molecule has 0 atom stereocenters. The summed E-state index contributed by atoms with van der Waals surface area (Å²) in [5.74, 6) is 3.05. The SMILES string of the molecule is CCCCC[Si@H]1CC[C@H](CCCC[C@H]2CC[C@H](c3ccc(OC=C(F)F)cc3)CC2)CC1. The van der Waals surface area contributed by atoms with Gasteiger partial charge in [-0.3, -0.25) is 0 Å². The van der Waals surface area contributed by atoms with Gasteiger partial charge >= 0.3 is 6.08 Å². The Balaban J connectivity index is 1.25. The molecule has 32 heavy (non-hydrogen) atoms. The van der Waals surface area contributed by atoms with Crippen molar-refractivity contribution in [1.29, 1.82) is 0 Å². The third-order valence-electron chi connectivity index (χ3n) is 8.14. The molecule has 1 heterocycles. The lowest BCUT2D eigenvalue weighted by molar-refractivity contribution is 0.297. The van der Waals surface area contributed by atoms with E-state index in [2.05, 4.69) is 6.92 Å². The Morgan fingerprint density at radius 2 is 1.50 bits per heavy atom. The lowest BCUT2D eigenvalue weighted by Gasteiger charge is -2.30. The lowest BCUT2D eigenvalue weighted by atomic mass is 9.77. The molecule has 0 spiro atoms. The molecule has 0 N–H and O–H groups in total. The molecule has 1 aliphatic carbocycles. The van der Waals surface area contributed by atoms with Crippen LogP contribution in [0.1, 0.15) is 102 Å². The zero-order valence-corrected chi connectivity index (χ0v) is 21.3. The predicted octanol–water partition coefficient (Wildman–Crippen LogP) is 9.46. The molecule has 0 aromatic heterocycles. The topological polar surface area (TPSA) is 9.23 Å². The van der Waals surface area contributed by atoms with E-state index in [0.29, 0.717) is 17.9 Å². The van der Waals surface area contributed by atoms with Crippen LogP contribution in [-0.4, -0.2) is 8.80 Å². The Bertz CT molecular complexity index is 655. The second-order valence-electron chi connectivity index (χ2n) is 10.5. The van der Waals surface area contributed by atoms with E-state index >= 15 is 0 Å². The molecule has 0 radical (unpaired) electrons. The van der Waals surface area contributed by atoms with Gasteiger partial charge in [-0.15, -0.1) is 0 Å². The second-order valence-corrected chi connectivity index (χ2v) is 13.9. The predicted molar refractivity (Wildman–Crippen MR) is 134 cm³/mol. The number of benzene rings is 1. The van der Waals surface area contributed by atoms with Crippen molar-refractivity contribution in [3.05, 3.63) is 42.2 Å². The Morgan fingerprint density at radius 1 is 0.875 bits per heavy atom. The molecule has 2 fully saturated rings. The molecule has 180 valence electrons. The number of rotatable bonds is 12. The van der Waals surface area contributed by atoms with Gasteiger partial charge in [-0.2, -0.15) is 8.78 Å². The van der Waals surface area contributed by atoms with E-state index in [1.165, 1.54) is 76.2 Å². The first-order chi connectivity index (χ1) is 15.6. The average molecular weight is 463 g/mol. The van der Waals surface area contributed by atoms with Crippen LogP contribution in [0.15, 0.2) is 36.6 Å². The normalized spacial score (nSPS) is 26.0. The van der Waals surface area contributed by atoms with E-state index in [0.717, 1.165) is 11.8 Å². The smallest absolute Gasteiger partial charge is 0.305 e. The first-order valence-electron chi connectivity index (χ1n) is 13.4. The highest BCUT2D eigenvalue weighted by Gasteiger charge is 2.23. The van der Waals surface area contributed by atoms with Crippen molar-refractivity contribution >= 4 is 8.80 Å². The standard InChI is InChI=1S/C28H44F2OSi/c1-2-3-6-19-32-20-17-24(18-21-32)8-5-4-7-23-9-11-25(12-10-23)26-13-15-27(16-14-26)31-22-28(29)30/h13-16,22-25,32H,2-12,17-21H2,1H3/t23-,24-,25-,32-. The van der Waals surface area contributed by atoms with Crippen molar-refractivity contribution in [2.45, 2.75) is 114 Å². The van der Waals surface area contributed by atoms with E-state index in [9.17, 15) is 8.78 Å². The number of hydrogen-bond acceptors (Lipinski definition) is 1. The molecule has 1 saturated heterocycles. The van der Waals surface area contributed by atoms with Crippen LogP contribution in [0, 0.1) is 11.8 Å². The summed E-state index contributed by atoms with van der Waals surface area (Å²) < 4.78 is 29.2. The fourth-order valence-electron chi connectivity index (χ4n) is 6.07. The number of halogens is 2. The highest BCUT2D eigenvalue weighted by molar-refractivity contribution is 6.58. The Hall–Kier alpha value is -1.16. The number of unbranched alkanes of at least 4 members (excludes halogenated alkanes) is 3. The summed E-state index contributed by atoms with van der Waals surface area (Å²) in [5.41, 5.74) is 1.33. The van der Waals surface area contributed by atoms with E-state index < -0.39 is 6.08 Å². The van der Waals surface area contributed by atoms with Crippen molar-refractivity contribution in [2.24, 2.45) is 11.8 Å². The van der Waals surface area contributed by atoms with Crippen LogP contribution in [0.25, 0.3) is 0 Å². The molecular formula is C28H44F2OSi. The summed E-state index contributed by atoms with van der Waals surface area (Å²) in [4.78, 5) is 0. The Kier molecular flexibility index (Phi) is 11.3. The van der Waals surface area contributed by atoms with Gasteiger partial charge in [0.25, 0.3) is 0 Å². The van der Waals surface area contributed by atoms with Crippen molar-refractivity contribution in [1.82, 2.24) is 0 Å². The third-order valence-corrected chi connectivity index (χ3v) is 11.7. The lowest BCUT2D eigenvalue weighted by Crippen LogP contribution is -2.21. The third kappa shape index (κ3) is 9.00. The number of hydrogen-bond donors (Lipinski definition) is 0. The minimum Gasteiger partial charge on any atom is -0.459 e. The Labute approximate surface area is 196 Å². The van der Waals surface area contributed by atoms with E-state index in [1.54, 1.807) is 31.0 Å². The number of ether oxygens (including phenoxy) is 1. The zero-order chi connectivity index (χ0) is 22.6. The van der Waals surface area contributed by atoms with Gasteiger partial charge in [0.05, 0.1) is 0 Å². The van der Waals surface area contributed by atoms with Gasteiger partial charge in [0.1, 0.15) is 5.75 Å². The molecule has 1 aromatic rings. The van der Waals surface area contributed by atoms with Crippen molar-refractivity contribution in [2.75, 3.05) is 0 Å². The molecule has 1 saturated carbocycles. The summed E-state index contributed by atoms with van der Waals surface area (Å²) in [5, 5.41) is 0. The van der Waals surface area contributed by atoms with Crippen LogP contribution >= 0.6 is 0 Å². The van der Waals surface area contributed by atoms with Crippen LogP contribution in [0.3, 0.4) is 0 Å². The summed E-state index contributed by atoms with van der Waals surface area (Å²) in [6.07, 6.45) is 17.1. The van der Waals surface area contributed by atoms with E-state index in [4.69, 9.17) is 4.74 Å². The monoisotopic (exact) mass is 462 g/mol. The van der Waals surface area contributed by atoms with Gasteiger partial charge in [-0.1, -0.05) is 95.0 Å². The molecule has 2 aliphatic rings. The first kappa shape index (κ1) is 25.5. The molecule has 0 bridgehead atoms. The second kappa shape index (κ2) is 14.2. The Morgan fingerprint density at radius 3 is 2.09 bits per heavy atom. The maximum Gasteiger partial charge on any atom is 0.305 e. The maximum absolute atomic E-state index is 12.1. The average Bonchev–Trinajstić information content (AvgIpc) is 2.82. The van der Waals surface area contributed by atoms with Crippen LogP contribution in [0.2, 0.25) is 18.1 Å². The van der Waals surface area contributed by atoms with Gasteiger partial charge in [-0.25, -0.2) is 0 Å². The van der Waals surface area contributed by atoms with Gasteiger partial charge in [0, 0.05) is 8.80 Å². The van der Waals surface area contributed by atoms with Crippen LogP contribution in [-0.2, 0) is 0 Å². The minimum atomic E-state index is -1.81. The molecule has 1 aliphatic heterocycles. The zero-order valence-electron chi connectivity index (χ0n) is 20.2. The maximum atomic E-state index is 12.1. The quantitative estimate of drug-likeness (QED) is 0.171. The van der Waals surface area contributed by atoms with Crippen molar-refractivity contribution < 1.29 is 13.5 Å². The molecule has 1 aromatic carbocycles. The summed E-state index contributed by atoms with van der Waals surface area (Å²) in [6.45, 7) is 2.32. The minimum absolute atomic E-state index is 0.343. The highest BCUT2D eigenvalue weighted by Crippen LogP contribution is 2.38. The first-order valence-corrected chi connectivity index (χ1v) is 15.9. The molecule has 0 unspecified atom stereocenters. The van der Waals surface area contributed by atoms with Crippen LogP contribution in [0.4, 0.5) is 8.78 Å². The molecular weight excluding hydrogens is 418 g/mol. The van der Waals surface area contributed by atoms with Gasteiger partial charge < -0.3 is 4.74 Å². The van der Waals surface area contributed by atoms with Gasteiger partial charge in [0.2, 0.25) is 0 Å². The van der Waals surface area contributed by atoms with Crippen molar-refractivity contribution in [3.63, 3.8) is 0 Å². The molecule has 3 rings (SSSR count).